The number of halogens is 1. The van der Waals surface area contributed by atoms with Gasteiger partial charge in [-0.1, -0.05) is 24.5 Å². The maximum absolute atomic E-state index is 6.47. The number of alkyl halides is 1. The number of rotatable bonds is 0. The van der Waals surface area contributed by atoms with Gasteiger partial charge in [0.25, 0.3) is 0 Å². The smallest absolute Gasteiger partial charge is 0.0492 e. The molecule has 0 radical (unpaired) electrons. The first kappa shape index (κ1) is 8.62. The van der Waals surface area contributed by atoms with E-state index in [0.717, 1.165) is 0 Å². The van der Waals surface area contributed by atoms with Crippen LogP contribution in [0.5, 0.6) is 0 Å². The van der Waals surface area contributed by atoms with E-state index in [1.54, 1.807) is 11.1 Å². The Bertz CT molecular complexity index is 241. The third-order valence-corrected chi connectivity index (χ3v) is 4.96. The van der Waals surface area contributed by atoms with Crippen LogP contribution in [-0.4, -0.2) is 5.38 Å². The Morgan fingerprint density at radius 3 is 2.58 bits per heavy atom. The zero-order valence-corrected chi connectivity index (χ0v) is 8.91. The summed E-state index contributed by atoms with van der Waals surface area (Å²) in [6.07, 6.45) is 3.97. The largest absolute Gasteiger partial charge is 0.121 e. The molecule has 1 saturated carbocycles. The monoisotopic (exact) mass is 184 g/mol. The van der Waals surface area contributed by atoms with Crippen LogP contribution >= 0.6 is 11.6 Å². The lowest BCUT2D eigenvalue weighted by atomic mass is 9.73. The van der Waals surface area contributed by atoms with Crippen molar-refractivity contribution >= 4 is 11.6 Å². The minimum absolute atomic E-state index is 0.328. The minimum Gasteiger partial charge on any atom is -0.121 e. The summed E-state index contributed by atoms with van der Waals surface area (Å²) in [6, 6.07) is 0. The molecule has 12 heavy (non-hydrogen) atoms. The summed E-state index contributed by atoms with van der Waals surface area (Å²) in [4.78, 5) is 0. The summed E-state index contributed by atoms with van der Waals surface area (Å²) in [5.74, 6) is 0.686. The van der Waals surface area contributed by atoms with Gasteiger partial charge in [-0.05, 0) is 32.6 Å². The lowest BCUT2D eigenvalue weighted by molar-refractivity contribution is 0.263. The summed E-state index contributed by atoms with van der Waals surface area (Å²) < 4.78 is 0. The molecule has 68 valence electrons. The highest BCUT2D eigenvalue weighted by Crippen LogP contribution is 2.56. The molecule has 3 atom stereocenters. The van der Waals surface area contributed by atoms with Crippen molar-refractivity contribution in [3.8, 4) is 0 Å². The van der Waals surface area contributed by atoms with Gasteiger partial charge in [0.15, 0.2) is 0 Å². The zero-order valence-electron chi connectivity index (χ0n) is 8.15. The van der Waals surface area contributed by atoms with E-state index >= 15 is 0 Å². The van der Waals surface area contributed by atoms with Crippen LogP contribution in [0.4, 0.5) is 0 Å². The third kappa shape index (κ3) is 0.849. The van der Waals surface area contributed by atoms with E-state index in [0.29, 0.717) is 16.7 Å². The number of fused-ring (bicyclic) bond motifs is 2. The molecular weight excluding hydrogens is 168 g/mol. The van der Waals surface area contributed by atoms with Crippen LogP contribution in [0, 0.1) is 11.3 Å². The lowest BCUT2D eigenvalue weighted by Gasteiger charge is -2.36. The molecule has 0 aromatic heterocycles. The van der Waals surface area contributed by atoms with Gasteiger partial charge >= 0.3 is 0 Å². The molecule has 3 unspecified atom stereocenters. The number of hydrogen-bond donors (Lipinski definition) is 0. The van der Waals surface area contributed by atoms with E-state index in [1.165, 1.54) is 19.3 Å². The van der Waals surface area contributed by atoms with Crippen molar-refractivity contribution in [1.82, 2.24) is 0 Å². The Morgan fingerprint density at radius 2 is 2.08 bits per heavy atom. The summed E-state index contributed by atoms with van der Waals surface area (Å²) in [5, 5.41) is 0.381. The van der Waals surface area contributed by atoms with Crippen LogP contribution in [0.15, 0.2) is 11.1 Å². The summed E-state index contributed by atoms with van der Waals surface area (Å²) in [6.45, 7) is 6.88. The van der Waals surface area contributed by atoms with Crippen molar-refractivity contribution in [2.75, 3.05) is 0 Å². The second kappa shape index (κ2) is 2.51. The quantitative estimate of drug-likeness (QED) is 0.398. The number of allylic oxidation sites excluding steroid dienone is 2. The maximum atomic E-state index is 6.47. The van der Waals surface area contributed by atoms with Gasteiger partial charge < -0.3 is 0 Å². The first-order chi connectivity index (χ1) is 5.57. The molecule has 0 N–H and O–H groups in total. The van der Waals surface area contributed by atoms with Gasteiger partial charge in [0.2, 0.25) is 0 Å². The molecule has 0 aromatic rings. The summed E-state index contributed by atoms with van der Waals surface area (Å²) in [5.41, 5.74) is 3.48. The second-order valence-corrected chi connectivity index (χ2v) is 5.10. The van der Waals surface area contributed by atoms with E-state index in [2.05, 4.69) is 20.8 Å². The average molecular weight is 185 g/mol. The highest BCUT2D eigenvalue weighted by molar-refractivity contribution is 6.22. The molecule has 2 bridgehead atoms. The number of hydrogen-bond acceptors (Lipinski definition) is 0. The fourth-order valence-electron chi connectivity index (χ4n) is 2.98. The molecule has 2 aliphatic carbocycles. The van der Waals surface area contributed by atoms with Crippen LogP contribution < -0.4 is 0 Å². The van der Waals surface area contributed by atoms with Crippen LogP contribution in [0.3, 0.4) is 0 Å². The highest BCUT2D eigenvalue weighted by atomic mass is 35.5. The van der Waals surface area contributed by atoms with Crippen molar-refractivity contribution in [2.24, 2.45) is 11.3 Å². The molecule has 1 heteroatoms. The van der Waals surface area contributed by atoms with E-state index in [4.69, 9.17) is 11.6 Å². The minimum atomic E-state index is 0.328. The second-order valence-electron chi connectivity index (χ2n) is 4.63. The summed E-state index contributed by atoms with van der Waals surface area (Å²) in [7, 11) is 0. The molecule has 0 saturated heterocycles. The molecule has 0 aliphatic heterocycles. The first-order valence-electron chi connectivity index (χ1n) is 4.89. The Morgan fingerprint density at radius 1 is 1.42 bits per heavy atom. The van der Waals surface area contributed by atoms with Crippen LogP contribution in [-0.2, 0) is 0 Å². The van der Waals surface area contributed by atoms with Crippen molar-refractivity contribution in [1.29, 1.82) is 0 Å². The highest BCUT2D eigenvalue weighted by Gasteiger charge is 2.48. The Hall–Kier alpha value is 0.0300. The van der Waals surface area contributed by atoms with E-state index in [9.17, 15) is 0 Å². The predicted molar refractivity (Wildman–Crippen MR) is 53.5 cm³/mol. The topological polar surface area (TPSA) is 0 Å². The zero-order chi connectivity index (χ0) is 8.93. The van der Waals surface area contributed by atoms with Crippen molar-refractivity contribution in [3.63, 3.8) is 0 Å². The van der Waals surface area contributed by atoms with Crippen LogP contribution in [0.25, 0.3) is 0 Å². The van der Waals surface area contributed by atoms with E-state index in [-0.39, 0.29) is 0 Å². The first-order valence-corrected chi connectivity index (χ1v) is 5.33. The molecule has 0 aromatic carbocycles. The van der Waals surface area contributed by atoms with Crippen LogP contribution in [0.2, 0.25) is 0 Å². The Balaban J connectivity index is 2.45. The van der Waals surface area contributed by atoms with Gasteiger partial charge in [-0.15, -0.1) is 11.6 Å². The van der Waals surface area contributed by atoms with Gasteiger partial charge in [-0.3, -0.25) is 0 Å². The molecule has 0 amide bonds. The molecule has 0 nitrogen and oxygen atoms in total. The Kier molecular flexibility index (Phi) is 1.80. The molecule has 1 fully saturated rings. The third-order valence-electron chi connectivity index (χ3n) is 4.18. The SMILES string of the molecule is CC1=C(C)C2(C)CCCC1C2Cl. The van der Waals surface area contributed by atoms with Crippen LogP contribution in [0.1, 0.15) is 40.0 Å². The van der Waals surface area contributed by atoms with Crippen molar-refractivity contribution < 1.29 is 0 Å². The van der Waals surface area contributed by atoms with Gasteiger partial charge in [0.05, 0.1) is 0 Å². The van der Waals surface area contributed by atoms with Gasteiger partial charge in [-0.25, -0.2) is 0 Å². The molecule has 2 rings (SSSR count). The van der Waals surface area contributed by atoms with Crippen molar-refractivity contribution in [2.45, 2.75) is 45.4 Å². The fourth-order valence-corrected chi connectivity index (χ4v) is 3.56. The molecular formula is C11H17Cl. The van der Waals surface area contributed by atoms with Gasteiger partial charge in [-0.2, -0.15) is 0 Å². The summed E-state index contributed by atoms with van der Waals surface area (Å²) >= 11 is 6.47. The van der Waals surface area contributed by atoms with E-state index in [1.807, 2.05) is 0 Å². The van der Waals surface area contributed by atoms with Gasteiger partial charge in [0.1, 0.15) is 0 Å². The van der Waals surface area contributed by atoms with Crippen molar-refractivity contribution in [3.05, 3.63) is 11.1 Å². The molecule has 0 spiro atoms. The van der Waals surface area contributed by atoms with E-state index < -0.39 is 0 Å². The normalized spacial score (nSPS) is 47.0. The fraction of sp³-hybridized carbons (Fsp3) is 0.818. The maximum Gasteiger partial charge on any atom is 0.0492 e. The average Bonchev–Trinajstić information content (AvgIpc) is 2.20. The lowest BCUT2D eigenvalue weighted by Crippen LogP contribution is -2.32. The molecule has 2 aliphatic rings. The molecule has 0 heterocycles. The Labute approximate surface area is 80.0 Å². The predicted octanol–water partition coefficient (Wildman–Crippen LogP) is 3.75. The standard InChI is InChI=1S/C11H17Cl/c1-7-8(2)11(3)6-4-5-9(7)10(11)12/h9-10H,4-6H2,1-3H3. The van der Waals surface area contributed by atoms with Gasteiger partial charge in [0, 0.05) is 10.8 Å².